The van der Waals surface area contributed by atoms with Gasteiger partial charge in [0.1, 0.15) is 0 Å². The molecule has 32 heavy (non-hydrogen) atoms. The van der Waals surface area contributed by atoms with Crippen molar-refractivity contribution in [1.82, 2.24) is 0 Å². The summed E-state index contributed by atoms with van der Waals surface area (Å²) in [6, 6.07) is 41.1. The highest BCUT2D eigenvalue weighted by molar-refractivity contribution is 7.29. The normalized spacial score (nSPS) is 17.6. The SMILES string of the molecule is c1ccc(C2=C3CCCC3=C(c3ccccc3)[Si]23c2ccccc2-c2ccccc23)cc1. The van der Waals surface area contributed by atoms with Gasteiger partial charge in [-0.15, -0.1) is 0 Å². The van der Waals surface area contributed by atoms with Crippen LogP contribution < -0.4 is 10.4 Å². The zero-order valence-corrected chi connectivity index (χ0v) is 19.0. The van der Waals surface area contributed by atoms with Gasteiger partial charge in [0.05, 0.1) is 0 Å². The summed E-state index contributed by atoms with van der Waals surface area (Å²) in [5, 5.41) is 6.46. The molecule has 0 radical (unpaired) electrons. The van der Waals surface area contributed by atoms with Crippen molar-refractivity contribution in [3.05, 3.63) is 131 Å². The molecular weight excluding hydrogens is 400 g/mol. The summed E-state index contributed by atoms with van der Waals surface area (Å²) in [5.74, 6) is 0. The van der Waals surface area contributed by atoms with Gasteiger partial charge >= 0.3 is 0 Å². The fraction of sp³-hybridized carbons (Fsp3) is 0.0968. The lowest BCUT2D eigenvalue weighted by Crippen LogP contribution is -2.57. The molecule has 2 heterocycles. The van der Waals surface area contributed by atoms with Crippen molar-refractivity contribution in [2.45, 2.75) is 19.3 Å². The Morgan fingerprint density at radius 1 is 0.438 bits per heavy atom. The third-order valence-electron chi connectivity index (χ3n) is 7.65. The Morgan fingerprint density at radius 3 is 1.31 bits per heavy atom. The zero-order chi connectivity index (χ0) is 21.1. The average molecular weight is 425 g/mol. The van der Waals surface area contributed by atoms with E-state index in [9.17, 15) is 0 Å². The molecule has 0 aromatic heterocycles. The predicted octanol–water partition coefficient (Wildman–Crippen LogP) is 6.41. The van der Waals surface area contributed by atoms with E-state index in [1.165, 1.54) is 41.5 Å². The van der Waals surface area contributed by atoms with Gasteiger partial charge in [0.15, 0.2) is 8.07 Å². The molecule has 0 nitrogen and oxygen atoms in total. The third kappa shape index (κ3) is 2.22. The molecule has 4 aromatic rings. The zero-order valence-electron chi connectivity index (χ0n) is 18.0. The highest BCUT2D eigenvalue weighted by Gasteiger charge is 2.57. The van der Waals surface area contributed by atoms with Crippen LogP contribution in [0.4, 0.5) is 0 Å². The highest BCUT2D eigenvalue weighted by atomic mass is 28.3. The molecule has 0 atom stereocenters. The van der Waals surface area contributed by atoms with Crippen molar-refractivity contribution in [2.75, 3.05) is 0 Å². The van der Waals surface area contributed by atoms with Crippen molar-refractivity contribution in [1.29, 1.82) is 0 Å². The van der Waals surface area contributed by atoms with E-state index in [2.05, 4.69) is 109 Å². The summed E-state index contributed by atoms with van der Waals surface area (Å²) in [5.41, 5.74) is 9.02. The Morgan fingerprint density at radius 2 is 0.844 bits per heavy atom. The maximum atomic E-state index is 2.44. The molecule has 0 N–H and O–H groups in total. The molecule has 0 saturated heterocycles. The van der Waals surface area contributed by atoms with Crippen molar-refractivity contribution >= 4 is 28.8 Å². The lowest BCUT2D eigenvalue weighted by atomic mass is 10.0. The Hall–Kier alpha value is -3.42. The number of hydrogen-bond acceptors (Lipinski definition) is 0. The van der Waals surface area contributed by atoms with Gasteiger partial charge in [-0.25, -0.2) is 0 Å². The van der Waals surface area contributed by atoms with Crippen LogP contribution in [0, 0.1) is 0 Å². The van der Waals surface area contributed by atoms with Crippen LogP contribution in [0.1, 0.15) is 30.4 Å². The van der Waals surface area contributed by atoms with E-state index in [0.717, 1.165) is 0 Å². The van der Waals surface area contributed by atoms with Gasteiger partial charge in [-0.3, -0.25) is 0 Å². The third-order valence-corrected chi connectivity index (χ3v) is 12.8. The van der Waals surface area contributed by atoms with Crippen LogP contribution in [0.3, 0.4) is 0 Å². The summed E-state index contributed by atoms with van der Waals surface area (Å²) >= 11 is 0. The topological polar surface area (TPSA) is 0 Å². The molecule has 0 bridgehead atoms. The van der Waals surface area contributed by atoms with E-state index in [-0.39, 0.29) is 0 Å². The van der Waals surface area contributed by atoms with Crippen LogP contribution in [-0.2, 0) is 0 Å². The fourth-order valence-corrected chi connectivity index (χ4v) is 12.8. The number of hydrogen-bond donors (Lipinski definition) is 0. The molecule has 3 aliphatic rings. The Bertz CT molecular complexity index is 1310. The van der Waals surface area contributed by atoms with Gasteiger partial charge in [0, 0.05) is 0 Å². The van der Waals surface area contributed by atoms with Crippen LogP contribution in [0.2, 0.25) is 0 Å². The summed E-state index contributed by atoms with van der Waals surface area (Å²) in [6.07, 6.45) is 3.68. The number of benzene rings is 4. The van der Waals surface area contributed by atoms with Gasteiger partial charge in [-0.05, 0) is 73.4 Å². The van der Waals surface area contributed by atoms with Crippen molar-refractivity contribution in [2.24, 2.45) is 0 Å². The standard InChI is InChI=1S/C31H24Si/c1-3-12-22(13-4-1)30-26-18-11-19-27(26)31(23-14-5-2-6-15-23)32(30)28-20-9-7-16-24(28)25-17-8-10-21-29(25)32/h1-10,12-17,20-21H,11,18-19H2. The van der Waals surface area contributed by atoms with Gasteiger partial charge in [0.2, 0.25) is 0 Å². The van der Waals surface area contributed by atoms with Gasteiger partial charge < -0.3 is 0 Å². The van der Waals surface area contributed by atoms with Crippen LogP contribution >= 0.6 is 0 Å². The van der Waals surface area contributed by atoms with E-state index in [0.29, 0.717) is 0 Å². The fourth-order valence-electron chi connectivity index (χ4n) is 6.64. The van der Waals surface area contributed by atoms with E-state index < -0.39 is 8.07 Å². The summed E-state index contributed by atoms with van der Waals surface area (Å²) < 4.78 is 0. The lowest BCUT2D eigenvalue weighted by molar-refractivity contribution is 0.933. The molecule has 0 amide bonds. The first kappa shape index (κ1) is 18.2. The molecule has 2 aliphatic heterocycles. The predicted molar refractivity (Wildman–Crippen MR) is 137 cm³/mol. The maximum Gasteiger partial charge on any atom is 0.182 e. The Labute approximate surface area is 190 Å². The number of fused-ring (bicyclic) bond motifs is 6. The highest BCUT2D eigenvalue weighted by Crippen LogP contribution is 2.56. The summed E-state index contributed by atoms with van der Waals surface area (Å²) in [6.45, 7) is 0. The minimum atomic E-state index is -2.39. The second-order valence-electron chi connectivity index (χ2n) is 9.13. The average Bonchev–Trinajstić information content (AvgIpc) is 3.52. The molecule has 4 aromatic carbocycles. The van der Waals surface area contributed by atoms with Crippen LogP contribution in [0.25, 0.3) is 21.5 Å². The molecular formula is C31H24Si. The van der Waals surface area contributed by atoms with Gasteiger partial charge in [-0.2, -0.15) is 0 Å². The minimum absolute atomic E-state index is 1.20. The second kappa shape index (κ2) is 6.79. The molecule has 1 aliphatic carbocycles. The lowest BCUT2D eigenvalue weighted by Gasteiger charge is -2.33. The van der Waals surface area contributed by atoms with Crippen molar-refractivity contribution in [3.63, 3.8) is 0 Å². The number of rotatable bonds is 2. The molecule has 0 unspecified atom stereocenters. The maximum absolute atomic E-state index is 2.44. The first-order valence-electron chi connectivity index (χ1n) is 11.7. The largest absolute Gasteiger partial charge is 0.182 e. The van der Waals surface area contributed by atoms with Crippen LogP contribution in [0.15, 0.2) is 120 Å². The van der Waals surface area contributed by atoms with Crippen LogP contribution in [-0.4, -0.2) is 8.07 Å². The Balaban J connectivity index is 1.68. The second-order valence-corrected chi connectivity index (χ2v) is 12.7. The first-order chi connectivity index (χ1) is 15.9. The van der Waals surface area contributed by atoms with E-state index in [1.807, 2.05) is 0 Å². The number of allylic oxidation sites excluding steroid dienone is 2. The van der Waals surface area contributed by atoms with Gasteiger partial charge in [0.25, 0.3) is 0 Å². The molecule has 152 valence electrons. The van der Waals surface area contributed by atoms with Crippen LogP contribution in [0.5, 0.6) is 0 Å². The van der Waals surface area contributed by atoms with E-state index in [1.54, 1.807) is 31.9 Å². The summed E-state index contributed by atoms with van der Waals surface area (Å²) in [4.78, 5) is 0. The molecule has 1 spiro atoms. The first-order valence-corrected chi connectivity index (χ1v) is 13.7. The molecule has 1 heteroatoms. The quantitative estimate of drug-likeness (QED) is 0.326. The molecule has 7 rings (SSSR count). The van der Waals surface area contributed by atoms with Gasteiger partial charge in [-0.1, -0.05) is 109 Å². The monoisotopic (exact) mass is 424 g/mol. The van der Waals surface area contributed by atoms with Crippen molar-refractivity contribution in [3.8, 4) is 11.1 Å². The van der Waals surface area contributed by atoms with E-state index >= 15 is 0 Å². The Kier molecular flexibility index (Phi) is 3.85. The smallest absolute Gasteiger partial charge is 0.0623 e. The summed E-state index contributed by atoms with van der Waals surface area (Å²) in [7, 11) is -2.39. The van der Waals surface area contributed by atoms with Crippen molar-refractivity contribution < 1.29 is 0 Å². The molecule has 1 saturated carbocycles. The molecule has 1 fully saturated rings. The minimum Gasteiger partial charge on any atom is -0.0623 e. The van der Waals surface area contributed by atoms with E-state index in [4.69, 9.17) is 0 Å².